The van der Waals surface area contributed by atoms with Crippen LogP contribution in [0.2, 0.25) is 10.0 Å². The molecule has 1 fully saturated rings. The van der Waals surface area contributed by atoms with Gasteiger partial charge in [0.2, 0.25) is 0 Å². The molecule has 2 amide bonds. The summed E-state index contributed by atoms with van der Waals surface area (Å²) in [6.07, 6.45) is 1.56. The summed E-state index contributed by atoms with van der Waals surface area (Å²) < 4.78 is 13.6. The normalized spacial score (nSPS) is 16.2. The molecule has 0 spiro atoms. The minimum Gasteiger partial charge on any atom is -0.268 e. The van der Waals surface area contributed by atoms with Gasteiger partial charge in [0.25, 0.3) is 11.1 Å². The molecule has 8 heteroatoms. The predicted molar refractivity (Wildman–Crippen MR) is 102 cm³/mol. The summed E-state index contributed by atoms with van der Waals surface area (Å²) in [4.78, 5) is 26.1. The van der Waals surface area contributed by atoms with E-state index in [1.807, 2.05) is 0 Å². The van der Waals surface area contributed by atoms with E-state index < -0.39 is 11.7 Å². The largest absolute Gasteiger partial charge is 0.293 e. The van der Waals surface area contributed by atoms with E-state index in [1.54, 1.807) is 30.3 Å². The van der Waals surface area contributed by atoms with Crippen LogP contribution >= 0.6 is 50.9 Å². The van der Waals surface area contributed by atoms with Crippen molar-refractivity contribution in [1.82, 2.24) is 4.90 Å². The summed E-state index contributed by atoms with van der Waals surface area (Å²) in [5.74, 6) is -0.800. The maximum absolute atomic E-state index is 13.3. The van der Waals surface area contributed by atoms with Crippen molar-refractivity contribution in [2.45, 2.75) is 6.54 Å². The third-order valence-electron chi connectivity index (χ3n) is 3.44. The molecule has 25 heavy (non-hydrogen) atoms. The fourth-order valence-corrected chi connectivity index (χ4v) is 3.77. The van der Waals surface area contributed by atoms with Gasteiger partial charge in [-0.1, -0.05) is 35.3 Å². The zero-order valence-electron chi connectivity index (χ0n) is 12.4. The van der Waals surface area contributed by atoms with Gasteiger partial charge in [-0.05, 0) is 69.2 Å². The van der Waals surface area contributed by atoms with Gasteiger partial charge in [-0.15, -0.1) is 0 Å². The highest BCUT2D eigenvalue weighted by molar-refractivity contribution is 9.10. The van der Waals surface area contributed by atoms with E-state index in [2.05, 4.69) is 15.9 Å². The fraction of sp³-hybridized carbons (Fsp3) is 0.0588. The lowest BCUT2D eigenvalue weighted by molar-refractivity contribution is -0.123. The number of thioether (sulfide) groups is 1. The summed E-state index contributed by atoms with van der Waals surface area (Å²) in [7, 11) is 0. The Morgan fingerprint density at radius 3 is 2.56 bits per heavy atom. The van der Waals surface area contributed by atoms with Crippen LogP contribution in [0.1, 0.15) is 11.1 Å². The number of amides is 2. The zero-order valence-corrected chi connectivity index (χ0v) is 16.3. The average Bonchev–Trinajstić information content (AvgIpc) is 2.82. The Kier molecular flexibility index (Phi) is 5.53. The first-order valence-electron chi connectivity index (χ1n) is 6.99. The van der Waals surface area contributed by atoms with Crippen LogP contribution in [-0.2, 0) is 11.3 Å². The van der Waals surface area contributed by atoms with Crippen molar-refractivity contribution < 1.29 is 14.0 Å². The van der Waals surface area contributed by atoms with E-state index >= 15 is 0 Å². The number of hydrogen-bond donors (Lipinski definition) is 0. The number of benzene rings is 2. The van der Waals surface area contributed by atoms with Crippen molar-refractivity contribution in [1.29, 1.82) is 0 Å². The highest BCUT2D eigenvalue weighted by atomic mass is 79.9. The topological polar surface area (TPSA) is 37.4 Å². The van der Waals surface area contributed by atoms with Gasteiger partial charge in [-0.2, -0.15) is 0 Å². The van der Waals surface area contributed by atoms with Gasteiger partial charge in [-0.3, -0.25) is 14.5 Å². The zero-order chi connectivity index (χ0) is 18.1. The van der Waals surface area contributed by atoms with Gasteiger partial charge < -0.3 is 0 Å². The molecule has 2 aromatic carbocycles. The quantitative estimate of drug-likeness (QED) is 0.517. The van der Waals surface area contributed by atoms with Crippen molar-refractivity contribution in [2.75, 3.05) is 0 Å². The Morgan fingerprint density at radius 2 is 1.88 bits per heavy atom. The first-order valence-corrected chi connectivity index (χ1v) is 9.36. The van der Waals surface area contributed by atoms with Crippen LogP contribution < -0.4 is 0 Å². The first kappa shape index (κ1) is 18.5. The minimum atomic E-state index is -0.401. The van der Waals surface area contributed by atoms with Crippen molar-refractivity contribution in [3.63, 3.8) is 0 Å². The molecule has 0 bridgehead atoms. The molecule has 3 rings (SSSR count). The van der Waals surface area contributed by atoms with Crippen LogP contribution in [0.15, 0.2) is 45.8 Å². The molecule has 1 saturated heterocycles. The summed E-state index contributed by atoms with van der Waals surface area (Å²) in [6.45, 7) is 0.103. The number of nitrogens with zero attached hydrogens (tertiary/aromatic N) is 1. The van der Waals surface area contributed by atoms with Crippen molar-refractivity contribution >= 4 is 68.1 Å². The molecule has 0 N–H and O–H groups in total. The van der Waals surface area contributed by atoms with Gasteiger partial charge in [0.15, 0.2) is 0 Å². The summed E-state index contributed by atoms with van der Waals surface area (Å²) in [5, 5.41) is 0.391. The smallest absolute Gasteiger partial charge is 0.268 e. The Bertz CT molecular complexity index is 920. The number of imide groups is 1. The van der Waals surface area contributed by atoms with Gasteiger partial charge in [0.05, 0.1) is 26.0 Å². The maximum atomic E-state index is 13.3. The predicted octanol–water partition coefficient (Wildman–Crippen LogP) is 6.13. The van der Waals surface area contributed by atoms with Gasteiger partial charge in [0.1, 0.15) is 5.82 Å². The Labute approximate surface area is 165 Å². The molecule has 0 radical (unpaired) electrons. The molecule has 1 heterocycles. The van der Waals surface area contributed by atoms with Crippen molar-refractivity contribution in [3.05, 3.63) is 72.8 Å². The van der Waals surface area contributed by atoms with Crippen LogP contribution in [0.5, 0.6) is 0 Å². The summed E-state index contributed by atoms with van der Waals surface area (Å²) in [5.41, 5.74) is 1.32. The molecule has 0 saturated carbocycles. The second-order valence-electron chi connectivity index (χ2n) is 5.19. The first-order chi connectivity index (χ1) is 11.8. The van der Waals surface area contributed by atoms with E-state index in [1.165, 1.54) is 12.1 Å². The van der Waals surface area contributed by atoms with Crippen LogP contribution in [0.25, 0.3) is 6.08 Å². The fourth-order valence-electron chi connectivity index (χ4n) is 2.21. The van der Waals surface area contributed by atoms with Crippen LogP contribution in [0.3, 0.4) is 0 Å². The van der Waals surface area contributed by atoms with E-state index in [0.717, 1.165) is 16.7 Å². The molecular formula is C17H9BrCl2FNO2S. The van der Waals surface area contributed by atoms with E-state index in [9.17, 15) is 14.0 Å². The lowest BCUT2D eigenvalue weighted by atomic mass is 10.2. The number of halogens is 4. The summed E-state index contributed by atoms with van der Waals surface area (Å²) >= 11 is 15.8. The average molecular weight is 461 g/mol. The molecule has 0 aliphatic carbocycles. The van der Waals surface area contributed by atoms with Crippen LogP contribution in [0.4, 0.5) is 9.18 Å². The minimum absolute atomic E-state index is 0.103. The molecule has 1 aliphatic heterocycles. The van der Waals surface area contributed by atoms with Crippen molar-refractivity contribution in [3.8, 4) is 0 Å². The number of carbonyl (C=O) groups excluding carboxylic acids is 2. The number of hydrogen-bond acceptors (Lipinski definition) is 3. The maximum Gasteiger partial charge on any atom is 0.293 e. The molecule has 0 atom stereocenters. The lowest BCUT2D eigenvalue weighted by Gasteiger charge is -2.12. The highest BCUT2D eigenvalue weighted by Crippen LogP contribution is 2.34. The summed E-state index contributed by atoms with van der Waals surface area (Å²) in [6, 6.07) is 9.31. The second kappa shape index (κ2) is 7.50. The molecule has 1 aliphatic rings. The standard InChI is InChI=1S/C17H9BrCl2FNO2S/c18-11-5-9(2-4-14(11)21)7-15-16(23)22(17(24)25-15)8-10-1-3-12(19)13(20)6-10/h1-7H,8H2/b15-7+. The van der Waals surface area contributed by atoms with Crippen LogP contribution in [0, 0.1) is 5.82 Å². The van der Waals surface area contributed by atoms with E-state index in [4.69, 9.17) is 23.2 Å². The molecule has 128 valence electrons. The number of rotatable bonds is 3. The van der Waals surface area contributed by atoms with Gasteiger partial charge >= 0.3 is 0 Å². The van der Waals surface area contributed by atoms with Gasteiger partial charge in [0, 0.05) is 0 Å². The molecular weight excluding hydrogens is 452 g/mol. The lowest BCUT2D eigenvalue weighted by Crippen LogP contribution is -2.27. The highest BCUT2D eigenvalue weighted by Gasteiger charge is 2.35. The molecule has 3 nitrogen and oxygen atoms in total. The van der Waals surface area contributed by atoms with E-state index in [0.29, 0.717) is 21.2 Å². The van der Waals surface area contributed by atoms with E-state index in [-0.39, 0.29) is 21.2 Å². The molecule has 0 unspecified atom stereocenters. The third-order valence-corrected chi connectivity index (χ3v) is 5.69. The van der Waals surface area contributed by atoms with Crippen LogP contribution in [-0.4, -0.2) is 16.0 Å². The van der Waals surface area contributed by atoms with Crippen molar-refractivity contribution in [2.24, 2.45) is 0 Å². The molecule has 0 aromatic heterocycles. The van der Waals surface area contributed by atoms with Gasteiger partial charge in [-0.25, -0.2) is 4.39 Å². The monoisotopic (exact) mass is 459 g/mol. The number of carbonyl (C=O) groups is 2. The third kappa shape index (κ3) is 4.08. The second-order valence-corrected chi connectivity index (χ2v) is 7.85. The Morgan fingerprint density at radius 1 is 1.12 bits per heavy atom. The SMILES string of the molecule is O=C1S/C(=C/c2ccc(F)c(Br)c2)C(=O)N1Cc1ccc(Cl)c(Cl)c1. The Hall–Kier alpha value is -1.34. The Balaban J connectivity index is 1.83. The molecule has 2 aromatic rings.